The first-order valence-corrected chi connectivity index (χ1v) is 11.9. The van der Waals surface area contributed by atoms with Crippen LogP contribution < -0.4 is 0 Å². The van der Waals surface area contributed by atoms with Gasteiger partial charge in [0.25, 0.3) is 0 Å². The second-order valence-electron chi connectivity index (χ2n) is 8.35. The number of fused-ring (bicyclic) bond motifs is 1. The summed E-state index contributed by atoms with van der Waals surface area (Å²) >= 11 is 1.38. The summed E-state index contributed by atoms with van der Waals surface area (Å²) in [7, 11) is 1.31. The fraction of sp³-hybridized carbons (Fsp3) is 0.458. The SMILES string of the molecule is CCC1=C(C(=O)OC)C(c2ccccc2F)N2C(CC(=O)N3CC(C)OC(C)C3)=CSC2=N1. The highest BCUT2D eigenvalue weighted by Crippen LogP contribution is 2.46. The molecule has 0 bridgehead atoms. The van der Waals surface area contributed by atoms with Crippen molar-refractivity contribution in [3.05, 3.63) is 58.0 Å². The van der Waals surface area contributed by atoms with Gasteiger partial charge in [-0.3, -0.25) is 4.79 Å². The van der Waals surface area contributed by atoms with Crippen molar-refractivity contribution >= 4 is 28.8 Å². The minimum Gasteiger partial charge on any atom is -0.466 e. The monoisotopic (exact) mass is 473 g/mol. The van der Waals surface area contributed by atoms with Gasteiger partial charge in [-0.2, -0.15) is 0 Å². The van der Waals surface area contributed by atoms with Gasteiger partial charge in [0, 0.05) is 24.4 Å². The Hall–Kier alpha value is -2.65. The molecule has 1 saturated heterocycles. The molecule has 33 heavy (non-hydrogen) atoms. The maximum absolute atomic E-state index is 15.0. The highest BCUT2D eigenvalue weighted by atomic mass is 32.2. The average molecular weight is 474 g/mol. The number of amidine groups is 1. The number of hydrogen-bond acceptors (Lipinski definition) is 7. The maximum Gasteiger partial charge on any atom is 0.338 e. The van der Waals surface area contributed by atoms with Crippen LogP contribution in [0.4, 0.5) is 4.39 Å². The topological polar surface area (TPSA) is 71.4 Å². The number of halogens is 1. The maximum atomic E-state index is 15.0. The van der Waals surface area contributed by atoms with E-state index in [-0.39, 0.29) is 24.5 Å². The lowest BCUT2D eigenvalue weighted by Crippen LogP contribution is -2.48. The molecule has 0 radical (unpaired) electrons. The molecule has 3 aliphatic heterocycles. The highest BCUT2D eigenvalue weighted by Gasteiger charge is 2.43. The Bertz CT molecular complexity index is 1040. The van der Waals surface area contributed by atoms with Gasteiger partial charge in [0.05, 0.1) is 43.1 Å². The first-order valence-electron chi connectivity index (χ1n) is 11.1. The Morgan fingerprint density at radius 3 is 2.58 bits per heavy atom. The van der Waals surface area contributed by atoms with Crippen LogP contribution in [-0.2, 0) is 19.1 Å². The Morgan fingerprint density at radius 1 is 1.24 bits per heavy atom. The summed E-state index contributed by atoms with van der Waals surface area (Å²) in [6.45, 7) is 6.84. The van der Waals surface area contributed by atoms with E-state index in [1.54, 1.807) is 28.0 Å². The molecule has 9 heteroatoms. The second kappa shape index (κ2) is 9.69. The molecule has 176 valence electrons. The van der Waals surface area contributed by atoms with E-state index < -0.39 is 17.8 Å². The molecule has 1 aromatic rings. The Labute approximate surface area is 197 Å². The van der Waals surface area contributed by atoms with E-state index in [9.17, 15) is 9.59 Å². The predicted molar refractivity (Wildman–Crippen MR) is 125 cm³/mol. The van der Waals surface area contributed by atoms with E-state index in [1.165, 1.54) is 24.9 Å². The van der Waals surface area contributed by atoms with Gasteiger partial charge in [-0.15, -0.1) is 0 Å². The lowest BCUT2D eigenvalue weighted by molar-refractivity contribution is -0.142. The predicted octanol–water partition coefficient (Wildman–Crippen LogP) is 3.99. The molecule has 4 rings (SSSR count). The second-order valence-corrected chi connectivity index (χ2v) is 9.19. The number of ether oxygens (including phenoxy) is 2. The van der Waals surface area contributed by atoms with Crippen molar-refractivity contribution < 1.29 is 23.5 Å². The van der Waals surface area contributed by atoms with Crippen molar-refractivity contribution in [1.29, 1.82) is 0 Å². The number of aliphatic imine (C=N–C) groups is 1. The third kappa shape index (κ3) is 4.56. The summed E-state index contributed by atoms with van der Waals surface area (Å²) in [5.74, 6) is -1.03. The van der Waals surface area contributed by atoms with Crippen LogP contribution in [0, 0.1) is 5.82 Å². The fourth-order valence-corrected chi connectivity index (χ4v) is 5.49. The van der Waals surface area contributed by atoms with Crippen LogP contribution >= 0.6 is 11.8 Å². The fourth-order valence-electron chi connectivity index (χ4n) is 4.55. The molecule has 0 aliphatic carbocycles. The number of nitrogens with zero attached hydrogens (tertiary/aromatic N) is 3. The van der Waals surface area contributed by atoms with Gasteiger partial charge in [-0.25, -0.2) is 14.2 Å². The summed E-state index contributed by atoms with van der Waals surface area (Å²) in [5.41, 5.74) is 1.88. The van der Waals surface area contributed by atoms with Gasteiger partial charge in [0.1, 0.15) is 5.82 Å². The number of carbonyl (C=O) groups is 2. The van der Waals surface area contributed by atoms with Crippen molar-refractivity contribution in [3.63, 3.8) is 0 Å². The number of allylic oxidation sites excluding steroid dienone is 1. The Morgan fingerprint density at radius 2 is 1.94 bits per heavy atom. The van der Waals surface area contributed by atoms with Gasteiger partial charge in [-0.05, 0) is 31.7 Å². The number of morpholine rings is 1. The molecule has 0 aromatic heterocycles. The Balaban J connectivity index is 1.71. The zero-order valence-electron chi connectivity index (χ0n) is 19.2. The summed E-state index contributed by atoms with van der Waals surface area (Å²) in [5, 5.41) is 2.49. The van der Waals surface area contributed by atoms with E-state index in [1.807, 2.05) is 26.2 Å². The van der Waals surface area contributed by atoms with Crippen molar-refractivity contribution in [2.24, 2.45) is 4.99 Å². The van der Waals surface area contributed by atoms with Crippen LogP contribution in [-0.4, -0.2) is 59.3 Å². The molecular weight excluding hydrogens is 445 g/mol. The van der Waals surface area contributed by atoms with E-state index in [4.69, 9.17) is 9.47 Å². The van der Waals surface area contributed by atoms with Crippen LogP contribution in [0.15, 0.2) is 51.6 Å². The largest absolute Gasteiger partial charge is 0.466 e. The average Bonchev–Trinajstić information content (AvgIpc) is 3.19. The molecule has 3 aliphatic rings. The molecule has 1 aromatic carbocycles. The molecule has 0 saturated carbocycles. The van der Waals surface area contributed by atoms with Crippen LogP contribution in [0.2, 0.25) is 0 Å². The van der Waals surface area contributed by atoms with E-state index >= 15 is 4.39 Å². The number of methoxy groups -OCH3 is 1. The van der Waals surface area contributed by atoms with Gasteiger partial charge in [0.2, 0.25) is 5.91 Å². The number of thioether (sulfide) groups is 1. The van der Waals surface area contributed by atoms with Gasteiger partial charge in [0.15, 0.2) is 5.17 Å². The lowest BCUT2D eigenvalue weighted by atomic mass is 9.92. The molecule has 3 heterocycles. The number of amides is 1. The van der Waals surface area contributed by atoms with Crippen molar-refractivity contribution in [2.75, 3.05) is 20.2 Å². The van der Waals surface area contributed by atoms with Crippen LogP contribution in [0.3, 0.4) is 0 Å². The molecule has 0 N–H and O–H groups in total. The molecule has 1 fully saturated rings. The molecule has 7 nitrogen and oxygen atoms in total. The van der Waals surface area contributed by atoms with Crippen LogP contribution in [0.25, 0.3) is 0 Å². The lowest BCUT2D eigenvalue weighted by Gasteiger charge is -2.38. The smallest absolute Gasteiger partial charge is 0.338 e. The molecule has 1 amide bonds. The quantitative estimate of drug-likeness (QED) is 0.603. The number of esters is 1. The minimum absolute atomic E-state index is 0.0381. The molecule has 0 spiro atoms. The Kier molecular flexibility index (Phi) is 6.90. The van der Waals surface area contributed by atoms with Gasteiger partial charge in [-0.1, -0.05) is 36.9 Å². The third-order valence-electron chi connectivity index (χ3n) is 5.93. The molecular formula is C24H28FN3O4S. The van der Waals surface area contributed by atoms with Gasteiger partial charge < -0.3 is 19.3 Å². The zero-order chi connectivity index (χ0) is 23.7. The van der Waals surface area contributed by atoms with E-state index in [2.05, 4.69) is 4.99 Å². The van der Waals surface area contributed by atoms with Crippen LogP contribution in [0.5, 0.6) is 0 Å². The van der Waals surface area contributed by atoms with Crippen LogP contribution in [0.1, 0.15) is 45.2 Å². The van der Waals surface area contributed by atoms with Gasteiger partial charge >= 0.3 is 5.97 Å². The van der Waals surface area contributed by atoms with Crippen molar-refractivity contribution in [1.82, 2.24) is 9.80 Å². The number of rotatable bonds is 5. The number of hydrogen-bond donors (Lipinski definition) is 0. The van der Waals surface area contributed by atoms with Crippen molar-refractivity contribution in [2.45, 2.75) is 51.9 Å². The highest BCUT2D eigenvalue weighted by molar-refractivity contribution is 8.16. The minimum atomic E-state index is -0.766. The van der Waals surface area contributed by atoms with E-state index in [0.29, 0.717) is 47.2 Å². The summed E-state index contributed by atoms with van der Waals surface area (Å²) in [6.07, 6.45) is 0.532. The summed E-state index contributed by atoms with van der Waals surface area (Å²) in [4.78, 5) is 34.3. The molecule has 3 unspecified atom stereocenters. The first-order chi connectivity index (χ1) is 15.8. The third-order valence-corrected chi connectivity index (χ3v) is 6.82. The normalized spacial score (nSPS) is 24.9. The number of benzene rings is 1. The zero-order valence-corrected chi connectivity index (χ0v) is 20.0. The first kappa shape index (κ1) is 23.5. The van der Waals surface area contributed by atoms with E-state index in [0.717, 1.165) is 0 Å². The summed E-state index contributed by atoms with van der Waals surface area (Å²) < 4.78 is 25.8. The summed E-state index contributed by atoms with van der Waals surface area (Å²) in [6, 6.07) is 5.61. The van der Waals surface area contributed by atoms with Crippen molar-refractivity contribution in [3.8, 4) is 0 Å². The number of carbonyl (C=O) groups excluding carboxylic acids is 2. The standard InChI is InChI=1S/C24H28FN3O4S/c1-5-19-21(23(30)31-4)22(17-8-6-7-9-18(17)25)28-16(13-33-24(28)26-19)10-20(29)27-11-14(2)32-15(3)12-27/h6-9,13-15,22H,5,10-12H2,1-4H3. The molecule has 3 atom stereocenters.